The van der Waals surface area contributed by atoms with Crippen LogP contribution in [-0.4, -0.2) is 26.2 Å². The summed E-state index contributed by atoms with van der Waals surface area (Å²) in [4.78, 5) is 11.9. The molecule has 126 valence electrons. The van der Waals surface area contributed by atoms with Crippen molar-refractivity contribution < 1.29 is 14.3 Å². The Labute approximate surface area is 138 Å². The predicted octanol–water partition coefficient (Wildman–Crippen LogP) is 3.28. The molecule has 1 aromatic carbocycles. The smallest absolute Gasteiger partial charge is 0.257 e. The summed E-state index contributed by atoms with van der Waals surface area (Å²) in [5.74, 6) is 1.28. The summed E-state index contributed by atoms with van der Waals surface area (Å²) >= 11 is 0. The van der Waals surface area contributed by atoms with Crippen LogP contribution in [0.1, 0.15) is 45.1 Å². The Bertz CT molecular complexity index is 538. The van der Waals surface area contributed by atoms with Gasteiger partial charge in [0.2, 0.25) is 0 Å². The summed E-state index contributed by atoms with van der Waals surface area (Å²) in [6.07, 6.45) is 4.56. The number of unbranched alkanes of at least 4 members (excludes halogenated alkanes) is 1. The highest BCUT2D eigenvalue weighted by molar-refractivity contribution is 5.77. The summed E-state index contributed by atoms with van der Waals surface area (Å²) in [5, 5.41) is 11.8. The van der Waals surface area contributed by atoms with E-state index in [1.165, 1.54) is 20.0 Å². The molecular formula is C18H26N2O3. The molecule has 0 spiro atoms. The van der Waals surface area contributed by atoms with Gasteiger partial charge in [0.05, 0.1) is 18.7 Å². The lowest BCUT2D eigenvalue weighted by molar-refractivity contribution is -0.123. The highest BCUT2D eigenvalue weighted by Gasteiger charge is 2.11. The van der Waals surface area contributed by atoms with E-state index >= 15 is 0 Å². The fourth-order valence-electron chi connectivity index (χ4n) is 2.25. The van der Waals surface area contributed by atoms with Crippen molar-refractivity contribution in [3.8, 4) is 17.6 Å². The van der Waals surface area contributed by atoms with Crippen molar-refractivity contribution in [3.05, 3.63) is 23.8 Å². The zero-order valence-electron chi connectivity index (χ0n) is 14.2. The quantitative estimate of drug-likeness (QED) is 0.718. The molecule has 0 bridgehead atoms. The summed E-state index contributed by atoms with van der Waals surface area (Å²) in [5.41, 5.74) is 0.486. The third kappa shape index (κ3) is 6.60. The van der Waals surface area contributed by atoms with Gasteiger partial charge in [-0.25, -0.2) is 0 Å². The Morgan fingerprint density at radius 2 is 2.13 bits per heavy atom. The third-order valence-corrected chi connectivity index (χ3v) is 3.78. The monoisotopic (exact) mass is 318 g/mol. The van der Waals surface area contributed by atoms with Gasteiger partial charge >= 0.3 is 0 Å². The number of nitrogens with zero attached hydrogens (tertiary/aromatic N) is 1. The van der Waals surface area contributed by atoms with E-state index in [1.54, 1.807) is 18.2 Å². The predicted molar refractivity (Wildman–Crippen MR) is 89.5 cm³/mol. The number of rotatable bonds is 10. The summed E-state index contributed by atoms with van der Waals surface area (Å²) in [6.45, 7) is 4.93. The largest absolute Gasteiger partial charge is 0.493 e. The average Bonchev–Trinajstić information content (AvgIpc) is 2.59. The van der Waals surface area contributed by atoms with Crippen molar-refractivity contribution in [1.82, 2.24) is 5.32 Å². The van der Waals surface area contributed by atoms with Crippen molar-refractivity contribution in [2.75, 3.05) is 20.3 Å². The number of benzene rings is 1. The number of hydrogen-bond acceptors (Lipinski definition) is 4. The summed E-state index contributed by atoms with van der Waals surface area (Å²) in [7, 11) is 1.50. The maximum atomic E-state index is 11.9. The molecular weight excluding hydrogens is 292 g/mol. The van der Waals surface area contributed by atoms with Gasteiger partial charge in [-0.15, -0.1) is 0 Å². The molecule has 1 atom stereocenters. The highest BCUT2D eigenvalue weighted by atomic mass is 16.5. The van der Waals surface area contributed by atoms with Crippen LogP contribution in [0.25, 0.3) is 0 Å². The minimum atomic E-state index is -0.147. The topological polar surface area (TPSA) is 71.3 Å². The number of amides is 1. The molecule has 0 saturated carbocycles. The molecule has 1 aromatic rings. The molecule has 0 heterocycles. The van der Waals surface area contributed by atoms with E-state index in [-0.39, 0.29) is 12.5 Å². The van der Waals surface area contributed by atoms with Crippen molar-refractivity contribution in [1.29, 1.82) is 5.26 Å². The highest BCUT2D eigenvalue weighted by Crippen LogP contribution is 2.27. The minimum absolute atomic E-state index is 0.0630. The first-order chi connectivity index (χ1) is 11.1. The van der Waals surface area contributed by atoms with Crippen LogP contribution in [0.4, 0.5) is 0 Å². The van der Waals surface area contributed by atoms with E-state index < -0.39 is 0 Å². The number of methoxy groups -OCH3 is 1. The van der Waals surface area contributed by atoms with E-state index in [4.69, 9.17) is 14.7 Å². The van der Waals surface area contributed by atoms with Crippen LogP contribution in [0.15, 0.2) is 18.2 Å². The molecule has 0 radical (unpaired) electrons. The maximum Gasteiger partial charge on any atom is 0.257 e. The van der Waals surface area contributed by atoms with Gasteiger partial charge in [0.1, 0.15) is 0 Å². The first-order valence-corrected chi connectivity index (χ1v) is 8.12. The zero-order valence-corrected chi connectivity index (χ0v) is 14.2. The van der Waals surface area contributed by atoms with E-state index in [0.29, 0.717) is 29.5 Å². The fourth-order valence-corrected chi connectivity index (χ4v) is 2.25. The van der Waals surface area contributed by atoms with Gasteiger partial charge in [0.15, 0.2) is 18.1 Å². The van der Waals surface area contributed by atoms with Crippen LogP contribution >= 0.6 is 0 Å². The fraction of sp³-hybridized carbons (Fsp3) is 0.556. The van der Waals surface area contributed by atoms with Crippen LogP contribution in [-0.2, 0) is 4.79 Å². The van der Waals surface area contributed by atoms with Crippen molar-refractivity contribution in [2.45, 2.75) is 39.5 Å². The first-order valence-electron chi connectivity index (χ1n) is 8.12. The van der Waals surface area contributed by atoms with E-state index in [9.17, 15) is 4.79 Å². The Morgan fingerprint density at radius 1 is 1.35 bits per heavy atom. The number of nitrogens with one attached hydrogen (secondary N) is 1. The lowest BCUT2D eigenvalue weighted by atomic mass is 9.99. The van der Waals surface area contributed by atoms with Gasteiger partial charge in [-0.1, -0.05) is 33.1 Å². The van der Waals surface area contributed by atoms with Crippen LogP contribution in [0.3, 0.4) is 0 Å². The van der Waals surface area contributed by atoms with Crippen LogP contribution in [0.5, 0.6) is 11.5 Å². The van der Waals surface area contributed by atoms with Crippen LogP contribution < -0.4 is 14.8 Å². The number of nitriles is 1. The van der Waals surface area contributed by atoms with Crippen molar-refractivity contribution >= 4 is 5.91 Å². The normalized spacial score (nSPS) is 11.4. The van der Waals surface area contributed by atoms with Crippen molar-refractivity contribution in [3.63, 3.8) is 0 Å². The van der Waals surface area contributed by atoms with E-state index in [2.05, 4.69) is 19.2 Å². The molecule has 1 amide bonds. The van der Waals surface area contributed by atoms with Gasteiger partial charge < -0.3 is 14.8 Å². The molecule has 5 heteroatoms. The molecule has 1 rings (SSSR count). The van der Waals surface area contributed by atoms with Gasteiger partial charge in [0.25, 0.3) is 5.91 Å². The standard InChI is InChI=1S/C18H26N2O3/c1-4-6-7-14(5-2)12-20-18(21)13-23-16-9-8-15(11-19)10-17(16)22-3/h8-10,14H,4-7,12-13H2,1-3H3,(H,20,21). The maximum absolute atomic E-state index is 11.9. The van der Waals surface area contributed by atoms with Crippen LogP contribution in [0, 0.1) is 17.2 Å². The van der Waals surface area contributed by atoms with E-state index in [0.717, 1.165) is 12.8 Å². The Morgan fingerprint density at radius 3 is 2.74 bits per heavy atom. The zero-order chi connectivity index (χ0) is 17.1. The summed E-state index contributed by atoms with van der Waals surface area (Å²) in [6, 6.07) is 6.90. The first kappa shape index (κ1) is 18.8. The summed E-state index contributed by atoms with van der Waals surface area (Å²) < 4.78 is 10.7. The lowest BCUT2D eigenvalue weighted by Gasteiger charge is -2.16. The van der Waals surface area contributed by atoms with Gasteiger partial charge in [-0.2, -0.15) is 5.26 Å². The molecule has 0 aliphatic heterocycles. The van der Waals surface area contributed by atoms with Crippen LogP contribution in [0.2, 0.25) is 0 Å². The second kappa shape index (κ2) is 10.5. The van der Waals surface area contributed by atoms with Gasteiger partial charge in [-0.3, -0.25) is 4.79 Å². The molecule has 1 N–H and O–H groups in total. The molecule has 23 heavy (non-hydrogen) atoms. The SMILES string of the molecule is CCCCC(CC)CNC(=O)COc1ccc(C#N)cc1OC. The number of carbonyl (C=O) groups is 1. The Hall–Kier alpha value is -2.22. The molecule has 0 aromatic heterocycles. The molecule has 1 unspecified atom stereocenters. The second-order valence-electron chi connectivity index (χ2n) is 5.49. The number of hydrogen-bond donors (Lipinski definition) is 1. The Balaban J connectivity index is 2.45. The second-order valence-corrected chi connectivity index (χ2v) is 5.49. The molecule has 0 aliphatic rings. The molecule has 5 nitrogen and oxygen atoms in total. The molecule has 0 saturated heterocycles. The lowest BCUT2D eigenvalue weighted by Crippen LogP contribution is -2.33. The number of ether oxygens (including phenoxy) is 2. The van der Waals surface area contributed by atoms with Gasteiger partial charge in [-0.05, 0) is 24.5 Å². The average molecular weight is 318 g/mol. The minimum Gasteiger partial charge on any atom is -0.493 e. The third-order valence-electron chi connectivity index (χ3n) is 3.78. The Kier molecular flexibility index (Phi) is 8.59. The van der Waals surface area contributed by atoms with E-state index in [1.807, 2.05) is 6.07 Å². The van der Waals surface area contributed by atoms with Crippen molar-refractivity contribution in [2.24, 2.45) is 5.92 Å². The molecule has 0 aliphatic carbocycles. The molecule has 0 fully saturated rings. The number of carbonyl (C=O) groups excluding carboxylic acids is 1. The van der Waals surface area contributed by atoms with Gasteiger partial charge in [0, 0.05) is 12.6 Å².